The van der Waals surface area contributed by atoms with Crippen molar-refractivity contribution in [2.75, 3.05) is 16.8 Å². The van der Waals surface area contributed by atoms with Crippen LogP contribution in [0.1, 0.15) is 10.4 Å². The number of aromatic amines is 1. The van der Waals surface area contributed by atoms with Gasteiger partial charge in [-0.3, -0.25) is 19.3 Å². The average Bonchev–Trinajstić information content (AvgIpc) is 3.17. The molecule has 4 aromatic rings. The second kappa shape index (κ2) is 7.00. The number of nitrogens with zero attached hydrogens (tertiary/aromatic N) is 1. The van der Waals surface area contributed by atoms with E-state index in [0.29, 0.717) is 28.0 Å². The first kappa shape index (κ1) is 17.9. The Kier molecular flexibility index (Phi) is 4.17. The highest BCUT2D eigenvalue weighted by Gasteiger charge is 2.33. The molecular formula is C24H17N3O3. The molecule has 6 heteroatoms. The highest BCUT2D eigenvalue weighted by atomic mass is 16.2. The zero-order chi connectivity index (χ0) is 20.7. The lowest BCUT2D eigenvalue weighted by atomic mass is 10.0. The second-order valence-corrected chi connectivity index (χ2v) is 7.07. The van der Waals surface area contributed by atoms with Crippen molar-refractivity contribution >= 4 is 39.9 Å². The molecule has 30 heavy (non-hydrogen) atoms. The van der Waals surface area contributed by atoms with Gasteiger partial charge in [-0.2, -0.15) is 0 Å². The molecule has 0 bridgehead atoms. The quantitative estimate of drug-likeness (QED) is 0.406. The van der Waals surface area contributed by atoms with Gasteiger partial charge in [-0.05, 0) is 23.8 Å². The van der Waals surface area contributed by atoms with Crippen molar-refractivity contribution in [3.63, 3.8) is 0 Å². The van der Waals surface area contributed by atoms with Gasteiger partial charge in [0.25, 0.3) is 11.7 Å². The summed E-state index contributed by atoms with van der Waals surface area (Å²) in [5.74, 6) is -1.73. The monoisotopic (exact) mass is 395 g/mol. The summed E-state index contributed by atoms with van der Waals surface area (Å²) in [5.41, 5.74) is 3.50. The first-order chi connectivity index (χ1) is 14.6. The number of benzene rings is 3. The van der Waals surface area contributed by atoms with Gasteiger partial charge in [-0.15, -0.1) is 0 Å². The minimum Gasteiger partial charge on any atom is -0.354 e. The predicted octanol–water partition coefficient (Wildman–Crippen LogP) is 4.00. The van der Waals surface area contributed by atoms with Gasteiger partial charge in [0.05, 0.1) is 22.6 Å². The van der Waals surface area contributed by atoms with Crippen LogP contribution in [0.5, 0.6) is 0 Å². The fraction of sp³-hybridized carbons (Fsp3) is 0.0417. The largest absolute Gasteiger partial charge is 0.354 e. The van der Waals surface area contributed by atoms with E-state index in [1.807, 2.05) is 54.6 Å². The van der Waals surface area contributed by atoms with Crippen molar-refractivity contribution in [1.29, 1.82) is 0 Å². The fourth-order valence-corrected chi connectivity index (χ4v) is 3.84. The van der Waals surface area contributed by atoms with E-state index in [0.717, 1.165) is 11.1 Å². The Labute approximate surface area is 172 Å². The SMILES string of the molecule is O=C1CN(C(=O)C(=O)c2c(-c3ccccc3)[nH]c3ccccc23)c2ccccc2N1. The third-order valence-corrected chi connectivity index (χ3v) is 5.21. The Balaban J connectivity index is 1.64. The molecule has 1 aliphatic rings. The Morgan fingerprint density at radius 3 is 2.37 bits per heavy atom. The smallest absolute Gasteiger partial charge is 0.300 e. The van der Waals surface area contributed by atoms with E-state index in [1.54, 1.807) is 24.3 Å². The Bertz CT molecular complexity index is 1310. The van der Waals surface area contributed by atoms with Crippen LogP contribution >= 0.6 is 0 Å². The lowest BCUT2D eigenvalue weighted by molar-refractivity contribution is -0.119. The minimum atomic E-state index is -0.737. The van der Waals surface area contributed by atoms with Crippen LogP contribution in [0.3, 0.4) is 0 Å². The molecule has 2 amide bonds. The zero-order valence-corrected chi connectivity index (χ0v) is 15.9. The third-order valence-electron chi connectivity index (χ3n) is 5.21. The molecule has 0 saturated carbocycles. The van der Waals surface area contributed by atoms with E-state index in [9.17, 15) is 14.4 Å². The molecule has 146 valence electrons. The lowest BCUT2D eigenvalue weighted by Crippen LogP contribution is -2.45. The topological polar surface area (TPSA) is 82.3 Å². The molecule has 6 nitrogen and oxygen atoms in total. The number of H-pyrrole nitrogens is 1. The third kappa shape index (κ3) is 2.86. The van der Waals surface area contributed by atoms with Crippen LogP contribution in [0.2, 0.25) is 0 Å². The Morgan fingerprint density at radius 2 is 1.53 bits per heavy atom. The van der Waals surface area contributed by atoms with Crippen LogP contribution < -0.4 is 10.2 Å². The first-order valence-corrected chi connectivity index (χ1v) is 9.54. The van der Waals surface area contributed by atoms with Gasteiger partial charge in [-0.25, -0.2) is 0 Å². The normalized spacial score (nSPS) is 13.1. The molecule has 3 aromatic carbocycles. The molecule has 0 unspecified atom stereocenters. The number of hydrogen-bond donors (Lipinski definition) is 2. The van der Waals surface area contributed by atoms with Gasteiger partial charge >= 0.3 is 0 Å². The molecule has 0 saturated heterocycles. The number of rotatable bonds is 3. The maximum atomic E-state index is 13.5. The minimum absolute atomic E-state index is 0.204. The average molecular weight is 395 g/mol. The first-order valence-electron chi connectivity index (χ1n) is 9.54. The summed E-state index contributed by atoms with van der Waals surface area (Å²) in [7, 11) is 0. The zero-order valence-electron chi connectivity index (χ0n) is 15.9. The second-order valence-electron chi connectivity index (χ2n) is 7.07. The van der Waals surface area contributed by atoms with E-state index in [-0.39, 0.29) is 12.5 Å². The molecule has 2 heterocycles. The van der Waals surface area contributed by atoms with Crippen molar-refractivity contribution in [2.24, 2.45) is 0 Å². The number of ketones is 1. The van der Waals surface area contributed by atoms with Crippen LogP contribution in [0.25, 0.3) is 22.2 Å². The Hall–Kier alpha value is -4.19. The number of anilines is 2. The molecule has 0 aliphatic carbocycles. The van der Waals surface area contributed by atoms with Crippen LogP contribution in [-0.2, 0) is 9.59 Å². The van der Waals surface area contributed by atoms with Crippen molar-refractivity contribution in [3.05, 3.63) is 84.4 Å². The number of aromatic nitrogens is 1. The van der Waals surface area contributed by atoms with Gasteiger partial charge in [0.1, 0.15) is 6.54 Å². The van der Waals surface area contributed by atoms with Crippen molar-refractivity contribution in [2.45, 2.75) is 0 Å². The molecule has 2 N–H and O–H groups in total. The number of Topliss-reactive ketones (excluding diaryl/α,β-unsaturated/α-hetero) is 1. The van der Waals surface area contributed by atoms with Gasteiger partial charge in [0.15, 0.2) is 0 Å². The van der Waals surface area contributed by atoms with E-state index >= 15 is 0 Å². The molecule has 0 atom stereocenters. The fourth-order valence-electron chi connectivity index (χ4n) is 3.84. The lowest BCUT2D eigenvalue weighted by Gasteiger charge is -2.28. The summed E-state index contributed by atoms with van der Waals surface area (Å²) in [6.45, 7) is -0.204. The van der Waals surface area contributed by atoms with Gasteiger partial charge in [-0.1, -0.05) is 60.7 Å². The molecular weight excluding hydrogens is 378 g/mol. The number of nitrogens with one attached hydrogen (secondary N) is 2. The van der Waals surface area contributed by atoms with Crippen LogP contribution in [0.15, 0.2) is 78.9 Å². The molecule has 5 rings (SSSR count). The summed E-state index contributed by atoms with van der Waals surface area (Å²) in [5, 5.41) is 3.41. The maximum Gasteiger partial charge on any atom is 0.300 e. The number of para-hydroxylation sites is 3. The van der Waals surface area contributed by atoms with Crippen LogP contribution in [0, 0.1) is 0 Å². The van der Waals surface area contributed by atoms with Gasteiger partial charge < -0.3 is 10.3 Å². The molecule has 0 fully saturated rings. The number of carbonyl (C=O) groups is 3. The van der Waals surface area contributed by atoms with E-state index in [1.165, 1.54) is 4.90 Å². The van der Waals surface area contributed by atoms with E-state index in [4.69, 9.17) is 0 Å². The van der Waals surface area contributed by atoms with Crippen molar-refractivity contribution in [1.82, 2.24) is 4.98 Å². The number of hydrogen-bond acceptors (Lipinski definition) is 3. The highest BCUT2D eigenvalue weighted by Crippen LogP contribution is 2.33. The number of fused-ring (bicyclic) bond motifs is 2. The number of carbonyl (C=O) groups excluding carboxylic acids is 3. The van der Waals surface area contributed by atoms with Gasteiger partial charge in [0, 0.05) is 10.9 Å². The van der Waals surface area contributed by atoms with E-state index < -0.39 is 11.7 Å². The maximum absolute atomic E-state index is 13.5. The summed E-state index contributed by atoms with van der Waals surface area (Å²) >= 11 is 0. The summed E-state index contributed by atoms with van der Waals surface area (Å²) < 4.78 is 0. The standard InChI is InChI=1S/C24H17N3O3/c28-20-14-27(19-13-7-6-12-18(19)25-20)24(30)23(29)21-16-10-4-5-11-17(16)26-22(21)15-8-2-1-3-9-15/h1-13,26H,14H2,(H,25,28). The van der Waals surface area contributed by atoms with Crippen LogP contribution in [-0.4, -0.2) is 29.1 Å². The summed E-state index contributed by atoms with van der Waals surface area (Å²) in [6, 6.07) is 23.8. The summed E-state index contributed by atoms with van der Waals surface area (Å²) in [4.78, 5) is 43.4. The highest BCUT2D eigenvalue weighted by molar-refractivity contribution is 6.50. The molecule has 0 spiro atoms. The summed E-state index contributed by atoms with van der Waals surface area (Å²) in [6.07, 6.45) is 0. The Morgan fingerprint density at radius 1 is 0.833 bits per heavy atom. The molecule has 1 aromatic heterocycles. The van der Waals surface area contributed by atoms with Crippen molar-refractivity contribution in [3.8, 4) is 11.3 Å². The van der Waals surface area contributed by atoms with Crippen LogP contribution in [0.4, 0.5) is 11.4 Å². The van der Waals surface area contributed by atoms with E-state index in [2.05, 4.69) is 10.3 Å². The number of amides is 2. The van der Waals surface area contributed by atoms with Crippen molar-refractivity contribution < 1.29 is 14.4 Å². The predicted molar refractivity (Wildman–Crippen MR) is 115 cm³/mol. The van der Waals surface area contributed by atoms with Gasteiger partial charge in [0.2, 0.25) is 5.91 Å². The molecule has 0 radical (unpaired) electrons. The molecule has 1 aliphatic heterocycles.